The van der Waals surface area contributed by atoms with Gasteiger partial charge in [-0.2, -0.15) is 0 Å². The Labute approximate surface area is 221 Å². The van der Waals surface area contributed by atoms with Gasteiger partial charge in [-0.05, 0) is 78.9 Å². The number of amides is 1. The van der Waals surface area contributed by atoms with E-state index < -0.39 is 0 Å². The lowest BCUT2D eigenvalue weighted by Gasteiger charge is -2.48. The number of carbonyl (C=O) groups is 2. The largest absolute Gasteiger partial charge is 0.374 e. The molecule has 37 heavy (non-hydrogen) atoms. The van der Waals surface area contributed by atoms with E-state index in [-0.39, 0.29) is 40.7 Å². The van der Waals surface area contributed by atoms with Crippen LogP contribution < -0.4 is 4.90 Å². The van der Waals surface area contributed by atoms with E-state index in [2.05, 4.69) is 6.92 Å². The normalized spacial score (nSPS) is 17.9. The number of unbranched alkanes of at least 4 members (excludes halogenated alkanes) is 1. The minimum atomic E-state index is -0.359. The van der Waals surface area contributed by atoms with Crippen LogP contribution in [0.4, 0.5) is 14.5 Å². The zero-order valence-electron chi connectivity index (χ0n) is 21.0. The first-order chi connectivity index (χ1) is 17.9. The molecule has 0 aromatic heterocycles. The number of rotatable bonds is 11. The van der Waals surface area contributed by atoms with Gasteiger partial charge in [-0.3, -0.25) is 9.59 Å². The van der Waals surface area contributed by atoms with Crippen molar-refractivity contribution >= 4 is 28.5 Å². The summed E-state index contributed by atoms with van der Waals surface area (Å²) in [7, 11) is 0. The minimum Gasteiger partial charge on any atom is -0.374 e. The molecule has 4 nitrogen and oxygen atoms in total. The number of carbonyl (C=O) groups excluding carboxylic acids is 2. The van der Waals surface area contributed by atoms with Crippen LogP contribution in [0.5, 0.6) is 0 Å². The van der Waals surface area contributed by atoms with Crippen molar-refractivity contribution in [3.05, 3.63) is 95.6 Å². The van der Waals surface area contributed by atoms with Crippen molar-refractivity contribution in [2.24, 2.45) is 5.92 Å². The first-order valence-corrected chi connectivity index (χ1v) is 13.4. The monoisotopic (exact) mass is 523 g/mol. The maximum Gasteiger partial charge on any atom is 0.233 e. The molecule has 1 amide bonds. The van der Waals surface area contributed by atoms with Gasteiger partial charge >= 0.3 is 0 Å². The smallest absolute Gasteiger partial charge is 0.233 e. The molecule has 1 aliphatic heterocycles. The standard InChI is InChI=1S/C30H31F2NO3S/c1-3-4-19-36-28(21-5-9-23(31)10-6-21)18-17-27-29(22-7-15-26(16-8-22)37-20(2)34)33(30(27)35)25-13-11-24(32)12-14-25/h5-16,27-29H,3-4,17-19H2,1-2H3/t27-,28+,29-/m1/s1. The van der Waals surface area contributed by atoms with E-state index in [9.17, 15) is 18.4 Å². The fourth-order valence-electron chi connectivity index (χ4n) is 4.72. The van der Waals surface area contributed by atoms with Crippen molar-refractivity contribution in [3.63, 3.8) is 0 Å². The van der Waals surface area contributed by atoms with Crippen LogP contribution in [0.2, 0.25) is 0 Å². The maximum absolute atomic E-state index is 13.6. The van der Waals surface area contributed by atoms with Crippen molar-refractivity contribution in [1.29, 1.82) is 0 Å². The van der Waals surface area contributed by atoms with Crippen molar-refractivity contribution in [2.75, 3.05) is 11.5 Å². The maximum atomic E-state index is 13.6. The topological polar surface area (TPSA) is 46.6 Å². The van der Waals surface area contributed by atoms with Crippen molar-refractivity contribution in [3.8, 4) is 0 Å². The molecule has 3 aromatic carbocycles. The summed E-state index contributed by atoms with van der Waals surface area (Å²) < 4.78 is 33.2. The fraction of sp³-hybridized carbons (Fsp3) is 0.333. The van der Waals surface area contributed by atoms with Crippen LogP contribution in [0.25, 0.3) is 0 Å². The molecule has 1 fully saturated rings. The van der Waals surface area contributed by atoms with Crippen LogP contribution in [0.3, 0.4) is 0 Å². The minimum absolute atomic E-state index is 0.00675. The highest BCUT2D eigenvalue weighted by Gasteiger charge is 2.48. The Morgan fingerprint density at radius 2 is 1.59 bits per heavy atom. The highest BCUT2D eigenvalue weighted by atomic mass is 32.2. The third-order valence-electron chi connectivity index (χ3n) is 6.60. The Morgan fingerprint density at radius 1 is 0.973 bits per heavy atom. The molecule has 1 saturated heterocycles. The van der Waals surface area contributed by atoms with Gasteiger partial charge in [0, 0.05) is 24.1 Å². The van der Waals surface area contributed by atoms with Crippen molar-refractivity contribution < 1.29 is 23.1 Å². The van der Waals surface area contributed by atoms with Gasteiger partial charge in [-0.15, -0.1) is 0 Å². The first-order valence-electron chi connectivity index (χ1n) is 12.6. The molecule has 0 aliphatic carbocycles. The van der Waals surface area contributed by atoms with E-state index in [0.29, 0.717) is 25.1 Å². The molecule has 1 heterocycles. The Balaban J connectivity index is 1.56. The number of ether oxygens (including phenoxy) is 1. The highest BCUT2D eigenvalue weighted by Crippen LogP contribution is 2.46. The van der Waals surface area contributed by atoms with E-state index in [0.717, 1.165) is 40.6 Å². The van der Waals surface area contributed by atoms with Gasteiger partial charge in [0.25, 0.3) is 0 Å². The summed E-state index contributed by atoms with van der Waals surface area (Å²) in [6.45, 7) is 4.21. The first kappa shape index (κ1) is 27.0. The summed E-state index contributed by atoms with van der Waals surface area (Å²) in [6, 6.07) is 19.7. The molecule has 4 rings (SSSR count). The zero-order valence-corrected chi connectivity index (χ0v) is 21.8. The van der Waals surface area contributed by atoms with Crippen LogP contribution in [-0.2, 0) is 14.3 Å². The van der Waals surface area contributed by atoms with Gasteiger partial charge in [-0.25, -0.2) is 8.78 Å². The van der Waals surface area contributed by atoms with Gasteiger partial charge in [0.1, 0.15) is 11.6 Å². The fourth-order valence-corrected chi connectivity index (χ4v) is 5.33. The van der Waals surface area contributed by atoms with Crippen LogP contribution in [0.1, 0.15) is 62.8 Å². The van der Waals surface area contributed by atoms with Gasteiger partial charge in [-0.1, -0.05) is 49.4 Å². The third kappa shape index (κ3) is 6.65. The Morgan fingerprint density at radius 3 is 2.19 bits per heavy atom. The lowest BCUT2D eigenvalue weighted by atomic mass is 9.78. The average Bonchev–Trinajstić information content (AvgIpc) is 2.88. The Hall–Kier alpha value is -3.03. The van der Waals surface area contributed by atoms with E-state index in [1.165, 1.54) is 31.2 Å². The number of thioether (sulfide) groups is 1. The number of halogens is 2. The number of β-lactam (4-membered cyclic amide) rings is 1. The van der Waals surface area contributed by atoms with Crippen molar-refractivity contribution in [1.82, 2.24) is 0 Å². The number of hydrogen-bond donors (Lipinski definition) is 0. The Kier molecular flexibility index (Phi) is 9.11. The lowest BCUT2D eigenvalue weighted by molar-refractivity contribution is -0.131. The molecule has 194 valence electrons. The van der Waals surface area contributed by atoms with Crippen LogP contribution in [0, 0.1) is 17.6 Å². The number of hydrogen-bond acceptors (Lipinski definition) is 4. The third-order valence-corrected chi connectivity index (χ3v) is 7.40. The molecule has 0 unspecified atom stereocenters. The van der Waals surface area contributed by atoms with E-state index in [1.807, 2.05) is 24.3 Å². The molecule has 1 aliphatic rings. The summed E-state index contributed by atoms with van der Waals surface area (Å²) in [5, 5.41) is 0.00675. The second-order valence-electron chi connectivity index (χ2n) is 9.24. The molecule has 0 spiro atoms. The summed E-state index contributed by atoms with van der Waals surface area (Å²) in [5.41, 5.74) is 2.48. The Bertz CT molecular complexity index is 1200. The predicted molar refractivity (Wildman–Crippen MR) is 142 cm³/mol. The second kappa shape index (κ2) is 12.5. The van der Waals surface area contributed by atoms with Crippen LogP contribution in [0.15, 0.2) is 77.7 Å². The van der Waals surface area contributed by atoms with Crippen molar-refractivity contribution in [2.45, 2.75) is 56.6 Å². The molecular weight excluding hydrogens is 492 g/mol. The van der Waals surface area contributed by atoms with Gasteiger partial charge in [0.2, 0.25) is 5.91 Å². The molecule has 0 N–H and O–H groups in total. The van der Waals surface area contributed by atoms with Gasteiger partial charge in [0.15, 0.2) is 5.12 Å². The van der Waals surface area contributed by atoms with E-state index in [4.69, 9.17) is 4.74 Å². The number of benzene rings is 3. The summed E-state index contributed by atoms with van der Waals surface area (Å²) in [6.07, 6.45) is 2.88. The molecule has 3 atom stereocenters. The molecule has 0 saturated carbocycles. The molecule has 7 heteroatoms. The average molecular weight is 524 g/mol. The van der Waals surface area contributed by atoms with Crippen LogP contribution in [-0.4, -0.2) is 17.6 Å². The lowest BCUT2D eigenvalue weighted by Crippen LogP contribution is -2.55. The highest BCUT2D eigenvalue weighted by molar-refractivity contribution is 8.13. The molecular formula is C30H31F2NO3S. The second-order valence-corrected chi connectivity index (χ2v) is 10.5. The summed E-state index contributed by atoms with van der Waals surface area (Å²) in [4.78, 5) is 27.4. The predicted octanol–water partition coefficient (Wildman–Crippen LogP) is 7.65. The van der Waals surface area contributed by atoms with E-state index >= 15 is 0 Å². The summed E-state index contributed by atoms with van der Waals surface area (Å²) in [5.74, 6) is -0.965. The molecule has 0 bridgehead atoms. The quantitative estimate of drug-likeness (QED) is 0.147. The molecule has 0 radical (unpaired) electrons. The van der Waals surface area contributed by atoms with Gasteiger partial charge < -0.3 is 9.64 Å². The van der Waals surface area contributed by atoms with E-state index in [1.54, 1.807) is 29.2 Å². The zero-order chi connectivity index (χ0) is 26.4. The number of nitrogens with zero attached hydrogens (tertiary/aromatic N) is 1. The summed E-state index contributed by atoms with van der Waals surface area (Å²) >= 11 is 1.16. The number of anilines is 1. The van der Waals surface area contributed by atoms with Crippen LogP contribution >= 0.6 is 11.8 Å². The van der Waals surface area contributed by atoms with Gasteiger partial charge in [0.05, 0.1) is 18.1 Å². The SMILES string of the molecule is CCCCO[C@@H](CC[C@H]1C(=O)N(c2ccc(F)cc2)[C@@H]1c1ccc(SC(C)=O)cc1)c1ccc(F)cc1. The molecule has 3 aromatic rings.